The Balaban J connectivity index is 1.58. The lowest BCUT2D eigenvalue weighted by Gasteiger charge is -2.07. The number of benzene rings is 2. The maximum atomic E-state index is 12.0. The van der Waals surface area contributed by atoms with E-state index in [4.69, 9.17) is 16.3 Å². The second kappa shape index (κ2) is 7.99. The molecule has 1 amide bonds. The first-order valence-corrected chi connectivity index (χ1v) is 9.46. The van der Waals surface area contributed by atoms with Crippen LogP contribution in [0.3, 0.4) is 0 Å². The molecule has 7 heteroatoms. The molecule has 3 rings (SSSR count). The van der Waals surface area contributed by atoms with Gasteiger partial charge in [-0.25, -0.2) is 4.98 Å². The van der Waals surface area contributed by atoms with Gasteiger partial charge in [0, 0.05) is 20.4 Å². The number of aromatic nitrogens is 1. The van der Waals surface area contributed by atoms with Crippen LogP contribution in [0.1, 0.15) is 5.56 Å². The van der Waals surface area contributed by atoms with E-state index in [1.165, 1.54) is 11.3 Å². The summed E-state index contributed by atoms with van der Waals surface area (Å²) in [5, 5.41) is 5.84. The summed E-state index contributed by atoms with van der Waals surface area (Å²) < 4.78 is 6.51. The van der Waals surface area contributed by atoms with E-state index in [1.54, 1.807) is 0 Å². The fourth-order valence-corrected chi connectivity index (χ4v) is 3.20. The normalized spacial score (nSPS) is 10.5. The molecule has 0 saturated carbocycles. The van der Waals surface area contributed by atoms with Crippen LogP contribution in [-0.2, 0) is 4.79 Å². The average molecular weight is 438 g/mol. The van der Waals surface area contributed by atoms with Crippen molar-refractivity contribution in [1.82, 2.24) is 4.98 Å². The second-order valence-electron chi connectivity index (χ2n) is 5.29. The van der Waals surface area contributed by atoms with Crippen molar-refractivity contribution in [1.29, 1.82) is 0 Å². The molecule has 3 aromatic rings. The summed E-state index contributed by atoms with van der Waals surface area (Å²) in [5.41, 5.74) is 2.79. The Morgan fingerprint density at radius 2 is 2.04 bits per heavy atom. The van der Waals surface area contributed by atoms with Gasteiger partial charge < -0.3 is 4.74 Å². The molecule has 1 aromatic heterocycles. The molecule has 128 valence electrons. The van der Waals surface area contributed by atoms with Crippen LogP contribution < -0.4 is 10.1 Å². The SMILES string of the molecule is Cc1cc(OCC(=O)Nc2nc(-c3ccc(Cl)cc3)cs2)ccc1Br. The quantitative estimate of drug-likeness (QED) is 0.569. The maximum absolute atomic E-state index is 12.0. The molecule has 25 heavy (non-hydrogen) atoms. The molecule has 2 aromatic carbocycles. The number of carbonyl (C=O) groups is 1. The Kier molecular flexibility index (Phi) is 5.73. The molecular weight excluding hydrogens is 424 g/mol. The van der Waals surface area contributed by atoms with Crippen LogP contribution >= 0.6 is 38.9 Å². The molecule has 4 nitrogen and oxygen atoms in total. The lowest BCUT2D eigenvalue weighted by atomic mass is 10.2. The zero-order valence-electron chi connectivity index (χ0n) is 13.3. The van der Waals surface area contributed by atoms with Crippen molar-refractivity contribution in [3.8, 4) is 17.0 Å². The van der Waals surface area contributed by atoms with E-state index in [9.17, 15) is 4.79 Å². The summed E-state index contributed by atoms with van der Waals surface area (Å²) in [6, 6.07) is 13.0. The highest BCUT2D eigenvalue weighted by Gasteiger charge is 2.09. The van der Waals surface area contributed by atoms with Crippen molar-refractivity contribution in [2.75, 3.05) is 11.9 Å². The van der Waals surface area contributed by atoms with Gasteiger partial charge in [-0.3, -0.25) is 10.1 Å². The third-order valence-corrected chi connectivity index (χ3v) is 5.29. The highest BCUT2D eigenvalue weighted by Crippen LogP contribution is 2.26. The van der Waals surface area contributed by atoms with Gasteiger partial charge in [0.1, 0.15) is 5.75 Å². The average Bonchev–Trinajstić information content (AvgIpc) is 3.05. The Labute approximate surface area is 162 Å². The highest BCUT2D eigenvalue weighted by molar-refractivity contribution is 9.10. The molecule has 0 atom stereocenters. The van der Waals surface area contributed by atoms with Gasteiger partial charge in [0.2, 0.25) is 0 Å². The molecule has 0 unspecified atom stereocenters. The van der Waals surface area contributed by atoms with E-state index >= 15 is 0 Å². The summed E-state index contributed by atoms with van der Waals surface area (Å²) in [4.78, 5) is 16.4. The molecule has 0 aliphatic rings. The predicted octanol–water partition coefficient (Wildman–Crippen LogP) is 5.55. The first-order valence-electron chi connectivity index (χ1n) is 7.41. The Bertz CT molecular complexity index is 896. The molecule has 0 saturated heterocycles. The van der Waals surface area contributed by atoms with Crippen LogP contribution in [0.2, 0.25) is 5.02 Å². The fourth-order valence-electron chi connectivity index (χ4n) is 2.10. The van der Waals surface area contributed by atoms with Crippen LogP contribution in [0.4, 0.5) is 5.13 Å². The Hall–Kier alpha value is -1.89. The monoisotopic (exact) mass is 436 g/mol. The van der Waals surface area contributed by atoms with E-state index in [0.29, 0.717) is 15.9 Å². The molecule has 0 aliphatic carbocycles. The van der Waals surface area contributed by atoms with Gasteiger partial charge in [-0.2, -0.15) is 0 Å². The van der Waals surface area contributed by atoms with Gasteiger partial charge in [-0.1, -0.05) is 39.7 Å². The third kappa shape index (κ3) is 4.81. The molecule has 0 bridgehead atoms. The molecule has 0 aliphatic heterocycles. The van der Waals surface area contributed by atoms with Crippen LogP contribution in [0, 0.1) is 6.92 Å². The summed E-state index contributed by atoms with van der Waals surface area (Å²) in [5.74, 6) is 0.398. The van der Waals surface area contributed by atoms with Crippen molar-refractivity contribution < 1.29 is 9.53 Å². The van der Waals surface area contributed by atoms with Crippen LogP contribution in [0.5, 0.6) is 5.75 Å². The zero-order chi connectivity index (χ0) is 17.8. The molecular formula is C18H14BrClN2O2S. The minimum atomic E-state index is -0.252. The van der Waals surface area contributed by atoms with Gasteiger partial charge in [0.15, 0.2) is 11.7 Å². The van der Waals surface area contributed by atoms with E-state index in [2.05, 4.69) is 26.2 Å². The lowest BCUT2D eigenvalue weighted by molar-refractivity contribution is -0.118. The summed E-state index contributed by atoms with van der Waals surface area (Å²) in [6.45, 7) is 1.89. The van der Waals surface area contributed by atoms with Crippen molar-refractivity contribution in [3.05, 3.63) is 62.9 Å². The topological polar surface area (TPSA) is 51.2 Å². The van der Waals surface area contributed by atoms with E-state index in [1.807, 2.05) is 54.8 Å². The minimum absolute atomic E-state index is 0.0725. The van der Waals surface area contributed by atoms with Gasteiger partial charge in [-0.05, 0) is 42.8 Å². The predicted molar refractivity (Wildman–Crippen MR) is 106 cm³/mol. The zero-order valence-corrected chi connectivity index (χ0v) is 16.4. The van der Waals surface area contributed by atoms with Crippen molar-refractivity contribution in [2.24, 2.45) is 0 Å². The minimum Gasteiger partial charge on any atom is -0.484 e. The number of rotatable bonds is 5. The van der Waals surface area contributed by atoms with Crippen LogP contribution in [-0.4, -0.2) is 17.5 Å². The number of hydrogen-bond donors (Lipinski definition) is 1. The molecule has 0 fully saturated rings. The summed E-state index contributed by atoms with van der Waals surface area (Å²) in [7, 11) is 0. The molecule has 1 N–H and O–H groups in total. The second-order valence-corrected chi connectivity index (χ2v) is 7.44. The number of carbonyl (C=O) groups excluding carboxylic acids is 1. The largest absolute Gasteiger partial charge is 0.484 e. The van der Waals surface area contributed by atoms with Crippen LogP contribution in [0.25, 0.3) is 11.3 Å². The maximum Gasteiger partial charge on any atom is 0.264 e. The fraction of sp³-hybridized carbons (Fsp3) is 0.111. The number of amides is 1. The number of ether oxygens (including phenoxy) is 1. The van der Waals surface area contributed by atoms with Crippen molar-refractivity contribution >= 4 is 49.9 Å². The number of nitrogens with zero attached hydrogens (tertiary/aromatic N) is 1. The van der Waals surface area contributed by atoms with Crippen molar-refractivity contribution in [3.63, 3.8) is 0 Å². The Morgan fingerprint density at radius 1 is 1.28 bits per heavy atom. The number of thiazole rings is 1. The van der Waals surface area contributed by atoms with E-state index < -0.39 is 0 Å². The third-order valence-electron chi connectivity index (χ3n) is 3.39. The van der Waals surface area contributed by atoms with E-state index in [-0.39, 0.29) is 12.5 Å². The van der Waals surface area contributed by atoms with E-state index in [0.717, 1.165) is 21.3 Å². The highest BCUT2D eigenvalue weighted by atomic mass is 79.9. The molecule has 0 radical (unpaired) electrons. The smallest absolute Gasteiger partial charge is 0.264 e. The number of aryl methyl sites for hydroxylation is 1. The Morgan fingerprint density at radius 3 is 2.76 bits per heavy atom. The molecule has 1 heterocycles. The van der Waals surface area contributed by atoms with Crippen LogP contribution in [0.15, 0.2) is 52.3 Å². The molecule has 0 spiro atoms. The van der Waals surface area contributed by atoms with Gasteiger partial charge in [0.05, 0.1) is 5.69 Å². The standard InChI is InChI=1S/C18H14BrClN2O2S/c1-11-8-14(6-7-15(11)19)24-9-17(23)22-18-21-16(10-25-18)12-2-4-13(20)5-3-12/h2-8,10H,9H2,1H3,(H,21,22,23). The van der Waals surface area contributed by atoms with Crippen molar-refractivity contribution in [2.45, 2.75) is 6.92 Å². The number of hydrogen-bond acceptors (Lipinski definition) is 4. The summed E-state index contributed by atoms with van der Waals surface area (Å²) in [6.07, 6.45) is 0. The van der Waals surface area contributed by atoms with Gasteiger partial charge in [-0.15, -0.1) is 11.3 Å². The number of nitrogens with one attached hydrogen (secondary N) is 1. The van der Waals surface area contributed by atoms with Gasteiger partial charge in [0.25, 0.3) is 5.91 Å². The lowest BCUT2D eigenvalue weighted by Crippen LogP contribution is -2.20. The first-order chi connectivity index (χ1) is 12.0. The van der Waals surface area contributed by atoms with Gasteiger partial charge >= 0.3 is 0 Å². The first kappa shape index (κ1) is 17.9. The number of halogens is 2. The summed E-state index contributed by atoms with van der Waals surface area (Å²) >= 11 is 10.7. The number of anilines is 1.